The van der Waals surface area contributed by atoms with E-state index in [9.17, 15) is 14.7 Å². The number of aromatic nitrogens is 2. The van der Waals surface area contributed by atoms with E-state index in [4.69, 9.17) is 4.74 Å². The van der Waals surface area contributed by atoms with Gasteiger partial charge in [0.1, 0.15) is 17.3 Å². The van der Waals surface area contributed by atoms with E-state index in [-0.39, 0.29) is 0 Å². The molecule has 0 bridgehead atoms. The van der Waals surface area contributed by atoms with Crippen molar-refractivity contribution in [3.63, 3.8) is 0 Å². The smallest absolute Gasteiger partial charge is 0.341 e. The highest BCUT2D eigenvalue weighted by molar-refractivity contribution is 7.00. The number of aliphatic hydroxyl groups is 1. The van der Waals surface area contributed by atoms with Gasteiger partial charge in [-0.2, -0.15) is 8.75 Å². The first-order valence-corrected chi connectivity index (χ1v) is 13.2. The van der Waals surface area contributed by atoms with Crippen LogP contribution < -0.4 is 0 Å². The molecule has 35 heavy (non-hydrogen) atoms. The molecule has 6 nitrogen and oxygen atoms in total. The number of hydrogen-bond donors (Lipinski definition) is 1. The Morgan fingerprint density at radius 1 is 0.971 bits per heavy atom. The molecule has 0 amide bonds. The summed E-state index contributed by atoms with van der Waals surface area (Å²) in [5, 5.41) is 11.5. The van der Waals surface area contributed by atoms with Crippen molar-refractivity contribution < 1.29 is 19.4 Å². The average molecular weight is 491 g/mol. The third kappa shape index (κ3) is 4.93. The maximum Gasteiger partial charge on any atom is 0.341 e. The maximum atomic E-state index is 12.9. The summed E-state index contributed by atoms with van der Waals surface area (Å²) in [6.07, 6.45) is 11.2. The molecule has 6 rings (SSSR count). The zero-order valence-corrected chi connectivity index (χ0v) is 20.5. The van der Waals surface area contributed by atoms with Crippen molar-refractivity contribution in [3.8, 4) is 0 Å². The molecule has 1 aromatic heterocycles. The Labute approximate surface area is 209 Å². The van der Waals surface area contributed by atoms with Crippen molar-refractivity contribution in [2.24, 2.45) is 11.8 Å². The Morgan fingerprint density at radius 3 is 2.34 bits per heavy atom. The zero-order chi connectivity index (χ0) is 24.3. The predicted molar refractivity (Wildman–Crippen MR) is 135 cm³/mol. The second kappa shape index (κ2) is 10.4. The number of carbonyl (C=O) groups excluding carboxylic acids is 2. The minimum Gasteiger partial charge on any atom is -0.421 e. The largest absolute Gasteiger partial charge is 0.421 e. The van der Waals surface area contributed by atoms with Gasteiger partial charge in [-0.25, -0.2) is 4.79 Å². The quantitative estimate of drug-likeness (QED) is 0.359. The first kappa shape index (κ1) is 23.8. The van der Waals surface area contributed by atoms with E-state index in [0.29, 0.717) is 35.0 Å². The topological polar surface area (TPSA) is 89.4 Å². The van der Waals surface area contributed by atoms with E-state index >= 15 is 0 Å². The van der Waals surface area contributed by atoms with Gasteiger partial charge >= 0.3 is 5.97 Å². The molecule has 0 spiro atoms. The molecule has 2 saturated carbocycles. The summed E-state index contributed by atoms with van der Waals surface area (Å²) in [4.78, 5) is 23.0. The van der Waals surface area contributed by atoms with Crippen molar-refractivity contribution >= 4 is 40.6 Å². The monoisotopic (exact) mass is 490 g/mol. The maximum absolute atomic E-state index is 12.9. The fourth-order valence-electron chi connectivity index (χ4n) is 5.50. The second-order valence-electron chi connectivity index (χ2n) is 9.76. The summed E-state index contributed by atoms with van der Waals surface area (Å²) < 4.78 is 14.2. The number of fused-ring (bicyclic) bond motifs is 1. The first-order valence-electron chi connectivity index (χ1n) is 12.5. The minimum absolute atomic E-state index is 0.417. The third-order valence-corrected chi connectivity index (χ3v) is 7.98. The lowest BCUT2D eigenvalue weighted by atomic mass is 9.85. The molecule has 3 aromatic rings. The van der Waals surface area contributed by atoms with Gasteiger partial charge in [0.2, 0.25) is 0 Å². The molecule has 1 N–H and O–H groups in total. The SMILES string of the molecule is O=C1OC(O)(c2ccccc2)C(CC2CCCC2)=C1c1ccc2nsnc2c1.O=CC1CCCC1. The molecule has 2 heterocycles. The standard InChI is InChI=1S/C22H20N2O3S.C6H10O/c25-21-20(15-10-11-18-19(13-15)24-28-23-18)17(12-14-6-4-5-7-14)22(26,27-21)16-8-2-1-3-9-16;7-5-6-3-1-2-4-6/h1-3,8-11,13-14,26H,4-7,12H2;5-6H,1-4H2. The highest BCUT2D eigenvalue weighted by Crippen LogP contribution is 2.47. The van der Waals surface area contributed by atoms with E-state index in [1.165, 1.54) is 25.7 Å². The minimum atomic E-state index is -1.72. The van der Waals surface area contributed by atoms with Crippen LogP contribution in [0.2, 0.25) is 0 Å². The molecule has 2 aromatic carbocycles. The number of carbonyl (C=O) groups is 2. The summed E-state index contributed by atoms with van der Waals surface area (Å²) in [5.41, 5.74) is 3.99. The molecule has 1 unspecified atom stereocenters. The third-order valence-electron chi connectivity index (χ3n) is 7.42. The van der Waals surface area contributed by atoms with Crippen molar-refractivity contribution in [3.05, 3.63) is 65.2 Å². The van der Waals surface area contributed by atoms with Gasteiger partial charge in [-0.15, -0.1) is 0 Å². The number of nitrogens with zero attached hydrogens (tertiary/aromatic N) is 2. The number of cyclic esters (lactones) is 1. The van der Waals surface area contributed by atoms with Crippen LogP contribution in [-0.4, -0.2) is 26.1 Å². The Bertz CT molecular complexity index is 1230. The summed E-state index contributed by atoms with van der Waals surface area (Å²) in [6.45, 7) is 0. The fraction of sp³-hybridized carbons (Fsp3) is 0.429. The molecule has 1 aliphatic heterocycles. The Kier molecular flexibility index (Phi) is 7.07. The predicted octanol–water partition coefficient (Wildman–Crippen LogP) is 5.80. The van der Waals surface area contributed by atoms with Crippen molar-refractivity contribution in [2.45, 2.75) is 63.6 Å². The molecule has 1 atom stereocenters. The Hall–Kier alpha value is -2.90. The molecule has 0 saturated heterocycles. The van der Waals surface area contributed by atoms with Crippen LogP contribution in [0.5, 0.6) is 0 Å². The van der Waals surface area contributed by atoms with Gasteiger partial charge in [0, 0.05) is 17.1 Å². The van der Waals surface area contributed by atoms with Gasteiger partial charge in [0.15, 0.2) is 0 Å². The van der Waals surface area contributed by atoms with Crippen LogP contribution in [0.4, 0.5) is 0 Å². The van der Waals surface area contributed by atoms with E-state index < -0.39 is 11.8 Å². The summed E-state index contributed by atoms with van der Waals surface area (Å²) >= 11 is 1.15. The number of benzene rings is 2. The lowest BCUT2D eigenvalue weighted by Gasteiger charge is -2.27. The zero-order valence-electron chi connectivity index (χ0n) is 19.7. The number of ether oxygens (including phenoxy) is 1. The van der Waals surface area contributed by atoms with E-state index in [1.54, 1.807) is 12.1 Å². The van der Waals surface area contributed by atoms with Gasteiger partial charge < -0.3 is 14.6 Å². The van der Waals surface area contributed by atoms with Crippen LogP contribution in [0.25, 0.3) is 16.6 Å². The summed E-state index contributed by atoms with van der Waals surface area (Å²) in [5.74, 6) is -1.33. The normalized spacial score (nSPS) is 22.9. The van der Waals surface area contributed by atoms with Crippen LogP contribution in [0.15, 0.2) is 54.1 Å². The molecule has 0 radical (unpaired) electrons. The van der Waals surface area contributed by atoms with Gasteiger partial charge in [-0.1, -0.05) is 74.9 Å². The molecule has 3 aliphatic rings. The number of rotatable bonds is 5. The van der Waals surface area contributed by atoms with Gasteiger partial charge in [-0.3, -0.25) is 0 Å². The lowest BCUT2D eigenvalue weighted by Crippen LogP contribution is -2.29. The molecule has 2 fully saturated rings. The van der Waals surface area contributed by atoms with Crippen molar-refractivity contribution in [2.75, 3.05) is 0 Å². The van der Waals surface area contributed by atoms with Crippen LogP contribution >= 0.6 is 11.7 Å². The van der Waals surface area contributed by atoms with Crippen molar-refractivity contribution in [1.82, 2.24) is 8.75 Å². The molecule has 2 aliphatic carbocycles. The van der Waals surface area contributed by atoms with Crippen LogP contribution in [0, 0.1) is 11.8 Å². The second-order valence-corrected chi connectivity index (χ2v) is 10.3. The van der Waals surface area contributed by atoms with Gasteiger partial charge in [0.05, 0.1) is 17.3 Å². The van der Waals surface area contributed by atoms with E-state index in [1.807, 2.05) is 36.4 Å². The molecular formula is C28H30N2O4S. The fourth-order valence-corrected chi connectivity index (χ4v) is 6.02. The van der Waals surface area contributed by atoms with Crippen molar-refractivity contribution in [1.29, 1.82) is 0 Å². The molecular weight excluding hydrogens is 460 g/mol. The highest BCUT2D eigenvalue weighted by atomic mass is 32.1. The van der Waals surface area contributed by atoms with Gasteiger partial charge in [0.25, 0.3) is 5.79 Å². The lowest BCUT2D eigenvalue weighted by molar-refractivity contribution is -0.185. The first-order chi connectivity index (χ1) is 17.1. The summed E-state index contributed by atoms with van der Waals surface area (Å²) in [6, 6.07) is 14.8. The van der Waals surface area contributed by atoms with E-state index in [0.717, 1.165) is 60.3 Å². The molecule has 182 valence electrons. The number of hydrogen-bond acceptors (Lipinski definition) is 7. The number of aldehydes is 1. The summed E-state index contributed by atoms with van der Waals surface area (Å²) in [7, 11) is 0. The average Bonchev–Trinajstić information content (AvgIpc) is 3.69. The number of esters is 1. The van der Waals surface area contributed by atoms with Crippen LogP contribution in [0.1, 0.15) is 68.9 Å². The Morgan fingerprint density at radius 2 is 1.66 bits per heavy atom. The highest BCUT2D eigenvalue weighted by Gasteiger charge is 2.48. The van der Waals surface area contributed by atoms with Crippen LogP contribution in [-0.2, 0) is 20.1 Å². The molecule has 7 heteroatoms. The van der Waals surface area contributed by atoms with Gasteiger partial charge in [-0.05, 0) is 42.9 Å². The van der Waals surface area contributed by atoms with Crippen LogP contribution in [0.3, 0.4) is 0 Å². The Balaban J connectivity index is 0.000000313. The van der Waals surface area contributed by atoms with E-state index in [2.05, 4.69) is 8.75 Å².